The number of methoxy groups -OCH3 is 1. The van der Waals surface area contributed by atoms with Crippen LogP contribution < -0.4 is 9.47 Å². The number of morpholine rings is 1. The molecular formula is C21H32N2O4. The van der Waals surface area contributed by atoms with Crippen LogP contribution in [-0.2, 0) is 11.3 Å². The van der Waals surface area contributed by atoms with Gasteiger partial charge in [-0.05, 0) is 17.7 Å². The largest absolute Gasteiger partial charge is 0.493 e. The molecule has 0 amide bonds. The minimum absolute atomic E-state index is 0.228. The fourth-order valence-electron chi connectivity index (χ4n) is 3.08. The maximum absolute atomic E-state index is 10.2. The predicted octanol–water partition coefficient (Wildman–Crippen LogP) is 1.94. The second kappa shape index (κ2) is 11.8. The molecule has 1 saturated heterocycles. The van der Waals surface area contributed by atoms with Crippen molar-refractivity contribution < 1.29 is 19.3 Å². The Balaban J connectivity index is 1.90. The number of ether oxygens (including phenoxy) is 3. The molecule has 0 bridgehead atoms. The van der Waals surface area contributed by atoms with Crippen LogP contribution in [0.1, 0.15) is 5.56 Å². The van der Waals surface area contributed by atoms with Gasteiger partial charge in [0, 0.05) is 39.3 Å². The summed E-state index contributed by atoms with van der Waals surface area (Å²) < 4.78 is 16.6. The molecule has 27 heavy (non-hydrogen) atoms. The van der Waals surface area contributed by atoms with Gasteiger partial charge in [0.2, 0.25) is 0 Å². The Kier molecular flexibility index (Phi) is 9.35. The van der Waals surface area contributed by atoms with Crippen molar-refractivity contribution in [2.45, 2.75) is 12.6 Å². The predicted molar refractivity (Wildman–Crippen MR) is 107 cm³/mol. The highest BCUT2D eigenvalue weighted by Crippen LogP contribution is 2.28. The van der Waals surface area contributed by atoms with E-state index in [2.05, 4.69) is 23.0 Å². The van der Waals surface area contributed by atoms with Crippen molar-refractivity contribution in [1.29, 1.82) is 0 Å². The van der Waals surface area contributed by atoms with Gasteiger partial charge in [-0.3, -0.25) is 9.80 Å². The minimum atomic E-state index is -0.553. The lowest BCUT2D eigenvalue weighted by molar-refractivity contribution is 0.00445. The van der Waals surface area contributed by atoms with Crippen LogP contribution in [0.3, 0.4) is 0 Å². The third-order valence-corrected chi connectivity index (χ3v) is 4.41. The first-order valence-corrected chi connectivity index (χ1v) is 9.38. The molecule has 0 saturated carbocycles. The zero-order valence-corrected chi connectivity index (χ0v) is 16.3. The molecule has 2 rings (SSSR count). The Hall–Kier alpha value is -1.86. The van der Waals surface area contributed by atoms with E-state index in [-0.39, 0.29) is 6.61 Å². The summed E-state index contributed by atoms with van der Waals surface area (Å²) in [6.07, 6.45) is 3.21. The lowest BCUT2D eigenvalue weighted by Gasteiger charge is -2.28. The highest BCUT2D eigenvalue weighted by atomic mass is 16.5. The molecule has 150 valence electrons. The summed E-state index contributed by atoms with van der Waals surface area (Å²) >= 11 is 0. The Morgan fingerprint density at radius 1 is 1.22 bits per heavy atom. The Bertz CT molecular complexity index is 578. The summed E-state index contributed by atoms with van der Waals surface area (Å²) in [5, 5.41) is 10.2. The smallest absolute Gasteiger partial charge is 0.161 e. The summed E-state index contributed by atoms with van der Waals surface area (Å²) in [6, 6.07) is 5.89. The van der Waals surface area contributed by atoms with Gasteiger partial charge in [-0.1, -0.05) is 18.2 Å². The summed E-state index contributed by atoms with van der Waals surface area (Å²) in [7, 11) is 1.63. The number of aliphatic hydroxyl groups is 1. The van der Waals surface area contributed by atoms with E-state index in [1.54, 1.807) is 7.11 Å². The van der Waals surface area contributed by atoms with Gasteiger partial charge in [0.05, 0.1) is 20.3 Å². The van der Waals surface area contributed by atoms with E-state index in [0.29, 0.717) is 18.0 Å². The molecule has 1 aliphatic rings. The Labute approximate surface area is 162 Å². The van der Waals surface area contributed by atoms with Gasteiger partial charge in [0.25, 0.3) is 0 Å². The van der Waals surface area contributed by atoms with Crippen LogP contribution in [0.4, 0.5) is 0 Å². The van der Waals surface area contributed by atoms with Crippen molar-refractivity contribution in [2.24, 2.45) is 0 Å². The highest BCUT2D eigenvalue weighted by molar-refractivity contribution is 5.43. The van der Waals surface area contributed by atoms with Crippen molar-refractivity contribution in [3.63, 3.8) is 0 Å². The molecule has 1 aromatic rings. The zero-order chi connectivity index (χ0) is 19.5. The van der Waals surface area contributed by atoms with Gasteiger partial charge >= 0.3 is 0 Å². The molecule has 1 N–H and O–H groups in total. The first-order chi connectivity index (χ1) is 13.2. The first kappa shape index (κ1) is 21.4. The Morgan fingerprint density at radius 3 is 2.56 bits per heavy atom. The average molecular weight is 376 g/mol. The van der Waals surface area contributed by atoms with Crippen LogP contribution in [0.2, 0.25) is 0 Å². The van der Waals surface area contributed by atoms with Gasteiger partial charge in [0.15, 0.2) is 11.5 Å². The summed E-state index contributed by atoms with van der Waals surface area (Å²) in [4.78, 5) is 4.41. The van der Waals surface area contributed by atoms with E-state index in [1.165, 1.54) is 0 Å². The lowest BCUT2D eigenvalue weighted by Crippen LogP contribution is -2.42. The third-order valence-electron chi connectivity index (χ3n) is 4.41. The van der Waals surface area contributed by atoms with Crippen LogP contribution in [0, 0.1) is 0 Å². The number of hydrogen-bond acceptors (Lipinski definition) is 6. The third kappa shape index (κ3) is 7.34. The second-order valence-electron chi connectivity index (χ2n) is 6.63. The Morgan fingerprint density at radius 2 is 1.93 bits per heavy atom. The summed E-state index contributed by atoms with van der Waals surface area (Å²) in [5.41, 5.74) is 1.12. The van der Waals surface area contributed by atoms with Gasteiger partial charge in [-0.25, -0.2) is 0 Å². The van der Waals surface area contributed by atoms with E-state index in [1.807, 2.05) is 30.4 Å². The fourth-order valence-corrected chi connectivity index (χ4v) is 3.08. The van der Waals surface area contributed by atoms with Gasteiger partial charge in [-0.15, -0.1) is 13.2 Å². The van der Waals surface area contributed by atoms with E-state index in [4.69, 9.17) is 14.2 Å². The first-order valence-electron chi connectivity index (χ1n) is 9.38. The molecule has 0 aliphatic carbocycles. The SMILES string of the molecule is C=CCN(CC=C)Cc1ccc(OCC(O)CN2CCOCC2)c(OC)c1. The van der Waals surface area contributed by atoms with Gasteiger partial charge < -0.3 is 19.3 Å². The quantitative estimate of drug-likeness (QED) is 0.563. The molecule has 0 spiro atoms. The number of nitrogens with zero attached hydrogens (tertiary/aromatic N) is 2. The topological polar surface area (TPSA) is 54.4 Å². The molecule has 1 atom stereocenters. The van der Waals surface area contributed by atoms with Crippen LogP contribution >= 0.6 is 0 Å². The molecule has 1 unspecified atom stereocenters. The van der Waals surface area contributed by atoms with Crippen molar-refractivity contribution in [2.75, 3.05) is 59.7 Å². The standard InChI is InChI=1S/C21H32N2O4/c1-4-8-22(9-5-2)15-18-6-7-20(21(14-18)25-3)27-17-19(24)16-23-10-12-26-13-11-23/h4-7,14,19,24H,1-2,8-13,15-17H2,3H3. The van der Waals surface area contributed by atoms with E-state index < -0.39 is 6.10 Å². The number of β-amino-alcohol motifs (C(OH)–C–C–N with tert-alkyl or cyclic N) is 1. The zero-order valence-electron chi connectivity index (χ0n) is 16.3. The van der Waals surface area contributed by atoms with Crippen molar-refractivity contribution >= 4 is 0 Å². The molecule has 1 aliphatic heterocycles. The molecule has 0 radical (unpaired) electrons. The number of rotatable bonds is 12. The second-order valence-corrected chi connectivity index (χ2v) is 6.63. The molecule has 1 heterocycles. The molecule has 6 heteroatoms. The van der Waals surface area contributed by atoms with E-state index >= 15 is 0 Å². The number of benzene rings is 1. The summed E-state index contributed by atoms with van der Waals surface area (Å²) in [6.45, 7) is 13.9. The van der Waals surface area contributed by atoms with Gasteiger partial charge in [-0.2, -0.15) is 0 Å². The van der Waals surface area contributed by atoms with E-state index in [0.717, 1.165) is 51.5 Å². The van der Waals surface area contributed by atoms with Crippen LogP contribution in [0.25, 0.3) is 0 Å². The fraction of sp³-hybridized carbons (Fsp3) is 0.524. The van der Waals surface area contributed by atoms with Crippen LogP contribution in [0.5, 0.6) is 11.5 Å². The molecule has 1 aromatic carbocycles. The summed E-state index contributed by atoms with van der Waals surface area (Å²) in [5.74, 6) is 1.31. The number of aliphatic hydroxyl groups excluding tert-OH is 1. The lowest BCUT2D eigenvalue weighted by atomic mass is 10.2. The molecule has 0 aromatic heterocycles. The number of hydrogen-bond donors (Lipinski definition) is 1. The van der Waals surface area contributed by atoms with Crippen molar-refractivity contribution in [3.05, 3.63) is 49.1 Å². The van der Waals surface area contributed by atoms with E-state index in [9.17, 15) is 5.11 Å². The maximum atomic E-state index is 10.2. The highest BCUT2D eigenvalue weighted by Gasteiger charge is 2.16. The van der Waals surface area contributed by atoms with Crippen molar-refractivity contribution in [3.8, 4) is 11.5 Å². The van der Waals surface area contributed by atoms with Gasteiger partial charge in [0.1, 0.15) is 12.7 Å². The van der Waals surface area contributed by atoms with Crippen LogP contribution in [-0.4, -0.2) is 80.7 Å². The minimum Gasteiger partial charge on any atom is -0.493 e. The molecule has 6 nitrogen and oxygen atoms in total. The van der Waals surface area contributed by atoms with Crippen LogP contribution in [0.15, 0.2) is 43.5 Å². The normalized spacial score (nSPS) is 16.1. The van der Waals surface area contributed by atoms with Crippen molar-refractivity contribution in [1.82, 2.24) is 9.80 Å². The molecular weight excluding hydrogens is 344 g/mol. The average Bonchev–Trinajstić information content (AvgIpc) is 2.68. The maximum Gasteiger partial charge on any atom is 0.161 e. The monoisotopic (exact) mass is 376 g/mol. The molecule has 1 fully saturated rings.